The van der Waals surface area contributed by atoms with Crippen molar-refractivity contribution in [1.82, 2.24) is 0 Å². The van der Waals surface area contributed by atoms with Crippen molar-refractivity contribution in [3.05, 3.63) is 65.0 Å². The molecule has 0 radical (unpaired) electrons. The third-order valence-electron chi connectivity index (χ3n) is 2.72. The van der Waals surface area contributed by atoms with Crippen LogP contribution in [0.2, 0.25) is 0 Å². The fourth-order valence-corrected chi connectivity index (χ4v) is 1.68. The van der Waals surface area contributed by atoms with Gasteiger partial charge in [-0.25, -0.2) is 14.0 Å². The number of benzene rings is 2. The van der Waals surface area contributed by atoms with E-state index in [2.05, 4.69) is 0 Å². The number of ether oxygens (including phenoxy) is 1. The van der Waals surface area contributed by atoms with Gasteiger partial charge in [-0.1, -0.05) is 12.1 Å². The topological polar surface area (TPSA) is 83.8 Å². The second kappa shape index (κ2) is 6.04. The summed E-state index contributed by atoms with van der Waals surface area (Å²) in [5, 5.41) is 17.6. The highest BCUT2D eigenvalue weighted by atomic mass is 19.1. The number of carboxylic acids is 2. The molecule has 0 fully saturated rings. The Morgan fingerprint density at radius 3 is 2.14 bits per heavy atom. The van der Waals surface area contributed by atoms with E-state index in [1.165, 1.54) is 18.2 Å². The first-order valence-corrected chi connectivity index (χ1v) is 5.94. The van der Waals surface area contributed by atoms with Gasteiger partial charge in [-0.05, 0) is 29.8 Å². The molecule has 0 spiro atoms. The molecule has 0 aliphatic carbocycles. The molecule has 0 saturated heterocycles. The third-order valence-corrected chi connectivity index (χ3v) is 2.72. The lowest BCUT2D eigenvalue weighted by Crippen LogP contribution is -2.01. The highest BCUT2D eigenvalue weighted by Gasteiger charge is 2.08. The van der Waals surface area contributed by atoms with Crippen LogP contribution in [-0.4, -0.2) is 22.2 Å². The van der Waals surface area contributed by atoms with Crippen molar-refractivity contribution in [3.8, 4) is 5.75 Å². The van der Waals surface area contributed by atoms with Gasteiger partial charge >= 0.3 is 11.9 Å². The number of rotatable bonds is 5. The molecular formula is C15H11FO5. The second-order valence-corrected chi connectivity index (χ2v) is 4.27. The van der Waals surface area contributed by atoms with Crippen molar-refractivity contribution in [2.45, 2.75) is 6.61 Å². The quantitative estimate of drug-likeness (QED) is 0.884. The minimum absolute atomic E-state index is 0.0718. The van der Waals surface area contributed by atoms with Gasteiger partial charge in [0.2, 0.25) is 0 Å². The summed E-state index contributed by atoms with van der Waals surface area (Å²) < 4.78 is 18.6. The Balaban J connectivity index is 2.09. The Morgan fingerprint density at radius 2 is 1.57 bits per heavy atom. The average molecular weight is 290 g/mol. The van der Waals surface area contributed by atoms with E-state index in [9.17, 15) is 14.0 Å². The molecule has 108 valence electrons. The minimum atomic E-state index is -1.25. The Morgan fingerprint density at radius 1 is 0.952 bits per heavy atom. The van der Waals surface area contributed by atoms with E-state index in [0.717, 1.165) is 12.1 Å². The monoisotopic (exact) mass is 290 g/mol. The Labute approximate surface area is 119 Å². The molecule has 2 aromatic rings. The van der Waals surface area contributed by atoms with Gasteiger partial charge in [0, 0.05) is 6.07 Å². The number of carbonyl (C=O) groups is 2. The molecule has 0 aliphatic rings. The van der Waals surface area contributed by atoms with E-state index in [1.807, 2.05) is 0 Å². The van der Waals surface area contributed by atoms with Crippen LogP contribution < -0.4 is 4.74 Å². The zero-order chi connectivity index (χ0) is 15.4. The van der Waals surface area contributed by atoms with Crippen molar-refractivity contribution >= 4 is 11.9 Å². The Hall–Kier alpha value is -2.89. The lowest BCUT2D eigenvalue weighted by molar-refractivity contribution is 0.0685. The molecule has 2 rings (SSSR count). The summed E-state index contributed by atoms with van der Waals surface area (Å²) in [5.74, 6) is -2.88. The molecule has 0 saturated carbocycles. The summed E-state index contributed by atoms with van der Waals surface area (Å²) in [4.78, 5) is 21.5. The predicted molar refractivity (Wildman–Crippen MR) is 71.1 cm³/mol. The van der Waals surface area contributed by atoms with E-state index >= 15 is 0 Å². The molecule has 0 heterocycles. The Kier molecular flexibility index (Phi) is 4.18. The molecule has 21 heavy (non-hydrogen) atoms. The summed E-state index contributed by atoms with van der Waals surface area (Å²) in [6.07, 6.45) is 0. The number of aromatic carboxylic acids is 2. The van der Waals surface area contributed by atoms with Crippen LogP contribution in [0.15, 0.2) is 42.5 Å². The molecule has 5 nitrogen and oxygen atoms in total. The molecule has 2 N–H and O–H groups in total. The maximum atomic E-state index is 13.2. The smallest absolute Gasteiger partial charge is 0.335 e. The molecule has 0 unspecified atom stereocenters. The normalized spacial score (nSPS) is 10.1. The van der Waals surface area contributed by atoms with E-state index in [4.69, 9.17) is 14.9 Å². The van der Waals surface area contributed by atoms with Gasteiger partial charge in [-0.2, -0.15) is 0 Å². The zero-order valence-electron chi connectivity index (χ0n) is 10.7. The lowest BCUT2D eigenvalue weighted by atomic mass is 10.1. The van der Waals surface area contributed by atoms with Crippen molar-refractivity contribution in [1.29, 1.82) is 0 Å². The lowest BCUT2D eigenvalue weighted by Gasteiger charge is -2.07. The highest BCUT2D eigenvalue weighted by molar-refractivity contribution is 5.88. The summed E-state index contributed by atoms with van der Waals surface area (Å²) >= 11 is 0. The van der Waals surface area contributed by atoms with Crippen molar-refractivity contribution in [3.63, 3.8) is 0 Å². The molecule has 0 aliphatic heterocycles. The van der Waals surface area contributed by atoms with Crippen LogP contribution in [0.3, 0.4) is 0 Å². The van der Waals surface area contributed by atoms with Gasteiger partial charge < -0.3 is 14.9 Å². The molecule has 6 heteroatoms. The van der Waals surface area contributed by atoms with Crippen LogP contribution in [-0.2, 0) is 6.61 Å². The second-order valence-electron chi connectivity index (χ2n) is 4.27. The summed E-state index contributed by atoms with van der Waals surface area (Å²) in [5.41, 5.74) is 0.630. The number of hydrogen-bond donors (Lipinski definition) is 2. The van der Waals surface area contributed by atoms with Gasteiger partial charge in [0.1, 0.15) is 18.2 Å². The molecule has 0 aromatic heterocycles. The van der Waals surface area contributed by atoms with Gasteiger partial charge in [0.05, 0.1) is 11.1 Å². The molecule has 0 bridgehead atoms. The summed E-state index contributed by atoms with van der Waals surface area (Å²) in [6, 6.07) is 9.19. The third kappa shape index (κ3) is 3.79. The van der Waals surface area contributed by atoms with Gasteiger partial charge in [0.25, 0.3) is 0 Å². The largest absolute Gasteiger partial charge is 0.489 e. The molecule has 0 amide bonds. The SMILES string of the molecule is O=C(O)c1ccc(COc2cc(F)cc(C(=O)O)c2)cc1. The molecular weight excluding hydrogens is 279 g/mol. The van der Waals surface area contributed by atoms with Gasteiger partial charge in [-0.3, -0.25) is 0 Å². The average Bonchev–Trinajstić information content (AvgIpc) is 2.45. The summed E-state index contributed by atoms with van der Waals surface area (Å²) in [6.45, 7) is 0.0718. The zero-order valence-corrected chi connectivity index (χ0v) is 10.7. The fraction of sp³-hybridized carbons (Fsp3) is 0.0667. The fourth-order valence-electron chi connectivity index (χ4n) is 1.68. The van der Waals surface area contributed by atoms with Crippen LogP contribution in [0.1, 0.15) is 26.3 Å². The van der Waals surface area contributed by atoms with Crippen LogP contribution in [0.4, 0.5) is 4.39 Å². The molecule has 2 aromatic carbocycles. The number of carboxylic acid groups (broad SMARTS) is 2. The number of hydrogen-bond acceptors (Lipinski definition) is 3. The summed E-state index contributed by atoms with van der Waals surface area (Å²) in [7, 11) is 0. The standard InChI is InChI=1S/C15H11FO5/c16-12-5-11(15(19)20)6-13(7-12)21-8-9-1-3-10(4-2-9)14(17)18/h1-7H,8H2,(H,17,18)(H,19,20). The minimum Gasteiger partial charge on any atom is -0.489 e. The van der Waals surface area contributed by atoms with E-state index in [1.54, 1.807) is 12.1 Å². The van der Waals surface area contributed by atoms with E-state index < -0.39 is 17.8 Å². The maximum Gasteiger partial charge on any atom is 0.335 e. The first kappa shape index (κ1) is 14.5. The first-order chi connectivity index (χ1) is 9.95. The van der Waals surface area contributed by atoms with Crippen LogP contribution >= 0.6 is 0 Å². The van der Waals surface area contributed by atoms with Crippen LogP contribution in [0.25, 0.3) is 0 Å². The van der Waals surface area contributed by atoms with Crippen molar-refractivity contribution in [2.24, 2.45) is 0 Å². The highest BCUT2D eigenvalue weighted by Crippen LogP contribution is 2.18. The number of halogens is 1. The Bertz CT molecular complexity index is 679. The van der Waals surface area contributed by atoms with Gasteiger partial charge in [0.15, 0.2) is 0 Å². The van der Waals surface area contributed by atoms with Gasteiger partial charge in [-0.15, -0.1) is 0 Å². The van der Waals surface area contributed by atoms with Crippen LogP contribution in [0, 0.1) is 5.82 Å². The predicted octanol–water partition coefficient (Wildman–Crippen LogP) is 2.80. The van der Waals surface area contributed by atoms with Crippen molar-refractivity contribution in [2.75, 3.05) is 0 Å². The van der Waals surface area contributed by atoms with Crippen molar-refractivity contribution < 1.29 is 28.9 Å². The first-order valence-electron chi connectivity index (χ1n) is 5.94. The maximum absolute atomic E-state index is 13.2. The van der Waals surface area contributed by atoms with Crippen LogP contribution in [0.5, 0.6) is 5.75 Å². The van der Waals surface area contributed by atoms with E-state index in [-0.39, 0.29) is 23.5 Å². The molecule has 0 atom stereocenters. The van der Waals surface area contributed by atoms with E-state index in [0.29, 0.717) is 5.56 Å².